The number of para-hydroxylation sites is 1. The van der Waals surface area contributed by atoms with Gasteiger partial charge in [0.15, 0.2) is 0 Å². The summed E-state index contributed by atoms with van der Waals surface area (Å²) in [6, 6.07) is 12.5. The van der Waals surface area contributed by atoms with E-state index in [0.717, 1.165) is 5.56 Å². The number of carbonyl (C=O) groups excluding carboxylic acids is 1. The van der Waals surface area contributed by atoms with Gasteiger partial charge in [0, 0.05) is 16.8 Å². The van der Waals surface area contributed by atoms with Crippen LogP contribution in [0.3, 0.4) is 0 Å². The maximum atomic E-state index is 12.2. The second-order valence-electron chi connectivity index (χ2n) is 5.02. The summed E-state index contributed by atoms with van der Waals surface area (Å²) in [5, 5.41) is 10.3. The molecular formula is C17H15ClN4O2. The molecule has 24 heavy (non-hydrogen) atoms. The van der Waals surface area contributed by atoms with E-state index in [1.54, 1.807) is 31.5 Å². The third-order valence-electron chi connectivity index (χ3n) is 3.41. The van der Waals surface area contributed by atoms with E-state index >= 15 is 0 Å². The highest BCUT2D eigenvalue weighted by atomic mass is 35.5. The maximum Gasteiger partial charge on any atom is 0.269 e. The zero-order valence-corrected chi connectivity index (χ0v) is 13.7. The van der Waals surface area contributed by atoms with Gasteiger partial charge >= 0.3 is 0 Å². The fraction of sp³-hybridized carbons (Fsp3) is 0.118. The fourth-order valence-corrected chi connectivity index (χ4v) is 2.43. The number of aromatic nitrogens is 3. The van der Waals surface area contributed by atoms with Crippen LogP contribution in [0.1, 0.15) is 16.2 Å². The average Bonchev–Trinajstić information content (AvgIpc) is 3.09. The molecule has 0 bridgehead atoms. The molecule has 1 amide bonds. The summed E-state index contributed by atoms with van der Waals surface area (Å²) >= 11 is 5.90. The highest BCUT2D eigenvalue weighted by Crippen LogP contribution is 2.28. The van der Waals surface area contributed by atoms with E-state index in [0.29, 0.717) is 27.9 Å². The number of nitrogens with zero attached hydrogens (tertiary/aromatic N) is 2. The third-order valence-corrected chi connectivity index (χ3v) is 3.65. The summed E-state index contributed by atoms with van der Waals surface area (Å²) in [6.45, 7) is 0.280. The molecule has 1 aromatic carbocycles. The molecule has 0 aliphatic carbocycles. The minimum absolute atomic E-state index is 0.273. The summed E-state index contributed by atoms with van der Waals surface area (Å²) in [7, 11) is 1.59. The van der Waals surface area contributed by atoms with Crippen molar-refractivity contribution in [2.45, 2.75) is 6.54 Å². The number of H-pyrrole nitrogens is 1. The molecule has 3 rings (SSSR count). The Kier molecular flexibility index (Phi) is 4.77. The topological polar surface area (TPSA) is 79.9 Å². The smallest absolute Gasteiger partial charge is 0.269 e. The number of carbonyl (C=O) groups is 1. The molecule has 2 N–H and O–H groups in total. The second kappa shape index (κ2) is 7.14. The lowest BCUT2D eigenvalue weighted by atomic mass is 10.1. The number of benzene rings is 1. The number of aromatic amines is 1. The summed E-state index contributed by atoms with van der Waals surface area (Å²) in [6.07, 6.45) is 1.60. The Balaban J connectivity index is 1.72. The first-order chi connectivity index (χ1) is 11.7. The number of ether oxygens (including phenoxy) is 1. The number of nitrogens with one attached hydrogen (secondary N) is 2. The van der Waals surface area contributed by atoms with Crippen LogP contribution in [0.25, 0.3) is 11.3 Å². The van der Waals surface area contributed by atoms with Crippen molar-refractivity contribution < 1.29 is 9.53 Å². The summed E-state index contributed by atoms with van der Waals surface area (Å²) in [5.41, 5.74) is 2.49. The van der Waals surface area contributed by atoms with Gasteiger partial charge < -0.3 is 10.1 Å². The van der Waals surface area contributed by atoms with E-state index in [9.17, 15) is 4.79 Å². The van der Waals surface area contributed by atoms with Crippen LogP contribution in [0.4, 0.5) is 0 Å². The molecule has 0 saturated carbocycles. The Hall–Kier alpha value is -2.86. The number of hydrogen-bond donors (Lipinski definition) is 2. The van der Waals surface area contributed by atoms with E-state index in [4.69, 9.17) is 16.3 Å². The molecule has 0 saturated heterocycles. The van der Waals surface area contributed by atoms with Gasteiger partial charge in [0.05, 0.1) is 25.0 Å². The van der Waals surface area contributed by atoms with Gasteiger partial charge in [-0.1, -0.05) is 23.7 Å². The predicted octanol–water partition coefficient (Wildman–Crippen LogP) is 3.06. The lowest BCUT2D eigenvalue weighted by Gasteiger charge is -2.04. The Bertz CT molecular complexity index is 863. The predicted molar refractivity (Wildman–Crippen MR) is 91.0 cm³/mol. The second-order valence-corrected chi connectivity index (χ2v) is 5.45. The molecule has 0 aliphatic heterocycles. The molecule has 2 heterocycles. The van der Waals surface area contributed by atoms with Gasteiger partial charge in [-0.25, -0.2) is 0 Å². The van der Waals surface area contributed by atoms with Gasteiger partial charge in [-0.3, -0.25) is 14.9 Å². The van der Waals surface area contributed by atoms with Crippen LogP contribution < -0.4 is 10.1 Å². The van der Waals surface area contributed by atoms with Crippen molar-refractivity contribution >= 4 is 17.5 Å². The Morgan fingerprint density at radius 3 is 2.92 bits per heavy atom. The molecular weight excluding hydrogens is 328 g/mol. The number of amides is 1. The maximum absolute atomic E-state index is 12.2. The van der Waals surface area contributed by atoms with E-state index in [2.05, 4.69) is 20.5 Å². The molecule has 122 valence electrons. The molecule has 0 aliphatic rings. The standard InChI is InChI=1S/C17H15ClN4O2/c1-24-16-5-3-2-4-13(16)14-9-15(22-21-14)17(23)20-10-12-8-11(18)6-7-19-12/h2-9H,10H2,1H3,(H,20,23)(H,21,22). The quantitative estimate of drug-likeness (QED) is 0.746. The van der Waals surface area contributed by atoms with Gasteiger partial charge in [0.2, 0.25) is 0 Å². The van der Waals surface area contributed by atoms with Gasteiger partial charge in [0.25, 0.3) is 5.91 Å². The number of pyridine rings is 1. The highest BCUT2D eigenvalue weighted by molar-refractivity contribution is 6.30. The normalized spacial score (nSPS) is 10.4. The number of halogens is 1. The minimum atomic E-state index is -0.273. The summed E-state index contributed by atoms with van der Waals surface area (Å²) in [4.78, 5) is 16.4. The SMILES string of the molecule is COc1ccccc1-c1cc(C(=O)NCc2cc(Cl)ccn2)[nH]n1. The van der Waals surface area contributed by atoms with Crippen LogP contribution in [-0.2, 0) is 6.54 Å². The van der Waals surface area contributed by atoms with Crippen LogP contribution >= 0.6 is 11.6 Å². The molecule has 2 aromatic heterocycles. The summed E-state index contributed by atoms with van der Waals surface area (Å²) < 4.78 is 5.31. The van der Waals surface area contributed by atoms with E-state index in [1.807, 2.05) is 24.3 Å². The Morgan fingerprint density at radius 2 is 2.12 bits per heavy atom. The number of rotatable bonds is 5. The van der Waals surface area contributed by atoms with Crippen molar-refractivity contribution in [2.24, 2.45) is 0 Å². The van der Waals surface area contributed by atoms with Crippen molar-refractivity contribution in [2.75, 3.05) is 7.11 Å². The molecule has 0 fully saturated rings. The first kappa shape index (κ1) is 16.0. The van der Waals surface area contributed by atoms with Crippen LogP contribution in [0.5, 0.6) is 5.75 Å². The molecule has 3 aromatic rings. The molecule has 0 spiro atoms. The van der Waals surface area contributed by atoms with E-state index < -0.39 is 0 Å². The van der Waals surface area contributed by atoms with Gasteiger partial charge in [-0.2, -0.15) is 5.10 Å². The first-order valence-corrected chi connectivity index (χ1v) is 7.62. The third kappa shape index (κ3) is 3.55. The number of hydrogen-bond acceptors (Lipinski definition) is 4. The monoisotopic (exact) mass is 342 g/mol. The van der Waals surface area contributed by atoms with E-state index in [1.165, 1.54) is 0 Å². The molecule has 7 heteroatoms. The summed E-state index contributed by atoms with van der Waals surface area (Å²) in [5.74, 6) is 0.421. The molecule has 6 nitrogen and oxygen atoms in total. The fourth-order valence-electron chi connectivity index (χ4n) is 2.24. The van der Waals surface area contributed by atoms with Crippen LogP contribution in [-0.4, -0.2) is 28.2 Å². The van der Waals surface area contributed by atoms with Crippen LogP contribution in [0.15, 0.2) is 48.7 Å². The first-order valence-electron chi connectivity index (χ1n) is 7.25. The van der Waals surface area contributed by atoms with Crippen molar-refractivity contribution in [3.8, 4) is 17.0 Å². The van der Waals surface area contributed by atoms with E-state index in [-0.39, 0.29) is 12.5 Å². The number of methoxy groups -OCH3 is 1. The molecule has 0 atom stereocenters. The van der Waals surface area contributed by atoms with Crippen molar-refractivity contribution in [3.05, 3.63) is 65.1 Å². The molecule has 0 unspecified atom stereocenters. The Labute approximate surface area is 143 Å². The zero-order valence-electron chi connectivity index (χ0n) is 12.9. The lowest BCUT2D eigenvalue weighted by Crippen LogP contribution is -2.23. The van der Waals surface area contributed by atoms with Gasteiger partial charge in [-0.15, -0.1) is 0 Å². The molecule has 0 radical (unpaired) electrons. The highest BCUT2D eigenvalue weighted by Gasteiger charge is 2.13. The van der Waals surface area contributed by atoms with Gasteiger partial charge in [0.1, 0.15) is 11.4 Å². The Morgan fingerprint density at radius 1 is 1.29 bits per heavy atom. The van der Waals surface area contributed by atoms with Crippen molar-refractivity contribution in [1.82, 2.24) is 20.5 Å². The zero-order chi connectivity index (χ0) is 16.9. The van der Waals surface area contributed by atoms with Crippen LogP contribution in [0.2, 0.25) is 5.02 Å². The minimum Gasteiger partial charge on any atom is -0.496 e. The average molecular weight is 343 g/mol. The van der Waals surface area contributed by atoms with Crippen LogP contribution in [0, 0.1) is 0 Å². The van der Waals surface area contributed by atoms with Crippen molar-refractivity contribution in [3.63, 3.8) is 0 Å². The van der Waals surface area contributed by atoms with Crippen molar-refractivity contribution in [1.29, 1.82) is 0 Å². The lowest BCUT2D eigenvalue weighted by molar-refractivity contribution is 0.0945. The largest absolute Gasteiger partial charge is 0.496 e. The van der Waals surface area contributed by atoms with Gasteiger partial charge in [-0.05, 0) is 30.3 Å².